The van der Waals surface area contributed by atoms with Gasteiger partial charge in [-0.1, -0.05) is 0 Å². The van der Waals surface area contributed by atoms with Gasteiger partial charge in [0, 0.05) is 43.9 Å². The van der Waals surface area contributed by atoms with Crippen LogP contribution >= 0.6 is 0 Å². The van der Waals surface area contributed by atoms with Crippen molar-refractivity contribution < 1.29 is 23.1 Å². The molecule has 110 valence electrons. The standard InChI is InChI=1S/C13H15F3N2O2/c1-8-6-18(13(19)20)3-2-17(8)7-9-4-10(14)5-11(15)12(9)16/h4-5,8H,2-3,6-7H2,1H3,(H,19,20)/t8-/m1/s1. The van der Waals surface area contributed by atoms with Crippen molar-refractivity contribution >= 4 is 6.09 Å². The van der Waals surface area contributed by atoms with E-state index in [1.807, 2.05) is 0 Å². The Kier molecular flexibility index (Phi) is 4.17. The maximum atomic E-state index is 13.6. The SMILES string of the molecule is C[C@@H]1CN(C(=O)O)CCN1Cc1cc(F)cc(F)c1F. The molecule has 1 aliphatic heterocycles. The zero-order chi connectivity index (χ0) is 14.9. The van der Waals surface area contributed by atoms with E-state index in [2.05, 4.69) is 0 Å². The lowest BCUT2D eigenvalue weighted by Crippen LogP contribution is -2.52. The van der Waals surface area contributed by atoms with E-state index in [1.165, 1.54) is 4.90 Å². The summed E-state index contributed by atoms with van der Waals surface area (Å²) in [4.78, 5) is 13.9. The third-order valence-corrected chi connectivity index (χ3v) is 3.48. The molecule has 20 heavy (non-hydrogen) atoms. The minimum Gasteiger partial charge on any atom is -0.465 e. The highest BCUT2D eigenvalue weighted by atomic mass is 19.2. The summed E-state index contributed by atoms with van der Waals surface area (Å²) in [5, 5.41) is 8.90. The fraction of sp³-hybridized carbons (Fsp3) is 0.462. The fourth-order valence-corrected chi connectivity index (χ4v) is 2.35. The van der Waals surface area contributed by atoms with Crippen LogP contribution in [0.15, 0.2) is 12.1 Å². The summed E-state index contributed by atoms with van der Waals surface area (Å²) in [5.74, 6) is -3.09. The number of hydrogen-bond donors (Lipinski definition) is 1. The van der Waals surface area contributed by atoms with Crippen LogP contribution in [0.2, 0.25) is 0 Å². The zero-order valence-corrected chi connectivity index (χ0v) is 10.9. The van der Waals surface area contributed by atoms with Crippen LogP contribution in [-0.4, -0.2) is 46.7 Å². The molecule has 2 rings (SSSR count). The predicted octanol–water partition coefficient (Wildman–Crippen LogP) is 2.29. The van der Waals surface area contributed by atoms with E-state index >= 15 is 0 Å². The molecule has 1 heterocycles. The minimum atomic E-state index is -1.21. The molecule has 1 amide bonds. The first-order valence-electron chi connectivity index (χ1n) is 6.24. The second-order valence-electron chi connectivity index (χ2n) is 4.91. The van der Waals surface area contributed by atoms with Crippen LogP contribution in [0.25, 0.3) is 0 Å². The predicted molar refractivity (Wildman–Crippen MR) is 65.8 cm³/mol. The largest absolute Gasteiger partial charge is 0.465 e. The van der Waals surface area contributed by atoms with Gasteiger partial charge < -0.3 is 10.0 Å². The van der Waals surface area contributed by atoms with Gasteiger partial charge in [0.05, 0.1) is 0 Å². The van der Waals surface area contributed by atoms with Gasteiger partial charge in [-0.25, -0.2) is 18.0 Å². The van der Waals surface area contributed by atoms with E-state index in [0.29, 0.717) is 19.2 Å². The van der Waals surface area contributed by atoms with E-state index in [9.17, 15) is 18.0 Å². The molecule has 1 saturated heterocycles. The number of amides is 1. The van der Waals surface area contributed by atoms with E-state index in [4.69, 9.17) is 5.11 Å². The summed E-state index contributed by atoms with van der Waals surface area (Å²) in [6.45, 7) is 2.82. The average Bonchev–Trinajstić information content (AvgIpc) is 2.37. The van der Waals surface area contributed by atoms with Crippen LogP contribution in [-0.2, 0) is 6.54 Å². The Bertz CT molecular complexity index is 525. The lowest BCUT2D eigenvalue weighted by atomic mass is 10.1. The average molecular weight is 288 g/mol. The summed E-state index contributed by atoms with van der Waals surface area (Å²) >= 11 is 0. The van der Waals surface area contributed by atoms with Crippen molar-refractivity contribution in [2.75, 3.05) is 19.6 Å². The number of benzene rings is 1. The molecule has 7 heteroatoms. The molecule has 4 nitrogen and oxygen atoms in total. The Hall–Kier alpha value is -1.76. The van der Waals surface area contributed by atoms with Gasteiger partial charge in [-0.2, -0.15) is 0 Å². The molecule has 0 saturated carbocycles. The summed E-state index contributed by atoms with van der Waals surface area (Å²) in [6, 6.07) is 1.32. The zero-order valence-electron chi connectivity index (χ0n) is 10.9. The molecule has 0 spiro atoms. The van der Waals surface area contributed by atoms with E-state index in [0.717, 1.165) is 6.07 Å². The smallest absolute Gasteiger partial charge is 0.407 e. The molecule has 1 atom stereocenters. The highest BCUT2D eigenvalue weighted by Crippen LogP contribution is 2.19. The van der Waals surface area contributed by atoms with Gasteiger partial charge in [-0.3, -0.25) is 4.90 Å². The first-order valence-corrected chi connectivity index (χ1v) is 6.24. The van der Waals surface area contributed by atoms with E-state index in [-0.39, 0.29) is 24.7 Å². The van der Waals surface area contributed by atoms with Crippen molar-refractivity contribution in [3.63, 3.8) is 0 Å². The highest BCUT2D eigenvalue weighted by Gasteiger charge is 2.27. The molecule has 0 aliphatic carbocycles. The van der Waals surface area contributed by atoms with Gasteiger partial charge in [-0.05, 0) is 13.0 Å². The number of halogens is 3. The molecule has 1 aliphatic rings. The van der Waals surface area contributed by atoms with E-state index in [1.54, 1.807) is 11.8 Å². The summed E-state index contributed by atoms with van der Waals surface area (Å²) in [5.41, 5.74) is -0.0573. The van der Waals surface area contributed by atoms with Gasteiger partial charge in [-0.15, -0.1) is 0 Å². The van der Waals surface area contributed by atoms with Crippen LogP contribution in [0, 0.1) is 17.5 Å². The van der Waals surface area contributed by atoms with Crippen molar-refractivity contribution in [1.82, 2.24) is 9.80 Å². The minimum absolute atomic E-state index is 0.0507. The maximum Gasteiger partial charge on any atom is 0.407 e. The van der Waals surface area contributed by atoms with Gasteiger partial charge in [0.25, 0.3) is 0 Å². The van der Waals surface area contributed by atoms with Gasteiger partial charge in [0.15, 0.2) is 11.6 Å². The normalized spacial score (nSPS) is 20.2. The molecule has 1 aromatic rings. The van der Waals surface area contributed by atoms with Crippen molar-refractivity contribution in [2.45, 2.75) is 19.5 Å². The molecule has 0 bridgehead atoms. The molecule has 0 unspecified atom stereocenters. The number of carbonyl (C=O) groups is 1. The van der Waals surface area contributed by atoms with Gasteiger partial charge in [0.1, 0.15) is 5.82 Å². The third kappa shape index (κ3) is 3.04. The van der Waals surface area contributed by atoms with Crippen LogP contribution < -0.4 is 0 Å². The Morgan fingerprint density at radius 1 is 1.35 bits per heavy atom. The fourth-order valence-electron chi connectivity index (χ4n) is 2.35. The highest BCUT2D eigenvalue weighted by molar-refractivity contribution is 5.65. The third-order valence-electron chi connectivity index (χ3n) is 3.48. The number of nitrogens with zero attached hydrogens (tertiary/aromatic N) is 2. The summed E-state index contributed by atoms with van der Waals surface area (Å²) < 4.78 is 39.9. The number of rotatable bonds is 2. The van der Waals surface area contributed by atoms with Crippen LogP contribution in [0.5, 0.6) is 0 Å². The van der Waals surface area contributed by atoms with Crippen molar-refractivity contribution in [2.24, 2.45) is 0 Å². The Labute approximate surface area is 114 Å². The maximum absolute atomic E-state index is 13.6. The second-order valence-corrected chi connectivity index (χ2v) is 4.91. The lowest BCUT2D eigenvalue weighted by Gasteiger charge is -2.38. The van der Waals surface area contributed by atoms with Crippen LogP contribution in [0.3, 0.4) is 0 Å². The number of piperazine rings is 1. The monoisotopic (exact) mass is 288 g/mol. The Morgan fingerprint density at radius 3 is 2.65 bits per heavy atom. The number of carboxylic acid groups (broad SMARTS) is 1. The van der Waals surface area contributed by atoms with Crippen LogP contribution in [0.4, 0.5) is 18.0 Å². The molecule has 1 fully saturated rings. The molecule has 0 radical (unpaired) electrons. The molecule has 1 N–H and O–H groups in total. The topological polar surface area (TPSA) is 43.8 Å². The molecule has 1 aromatic carbocycles. The Balaban J connectivity index is 2.10. The molecular formula is C13H15F3N2O2. The second kappa shape index (κ2) is 5.70. The van der Waals surface area contributed by atoms with Gasteiger partial charge >= 0.3 is 6.09 Å². The van der Waals surface area contributed by atoms with Crippen LogP contribution in [0.1, 0.15) is 12.5 Å². The first-order chi connectivity index (χ1) is 9.38. The molecule has 0 aromatic heterocycles. The van der Waals surface area contributed by atoms with Crippen molar-refractivity contribution in [3.05, 3.63) is 35.1 Å². The summed E-state index contributed by atoms with van der Waals surface area (Å²) in [6.07, 6.45) is -1.00. The quantitative estimate of drug-likeness (QED) is 0.849. The molecular weight excluding hydrogens is 273 g/mol. The van der Waals surface area contributed by atoms with E-state index < -0.39 is 23.5 Å². The summed E-state index contributed by atoms with van der Waals surface area (Å²) in [7, 11) is 0. The van der Waals surface area contributed by atoms with Gasteiger partial charge in [0.2, 0.25) is 0 Å². The first kappa shape index (κ1) is 14.6. The number of hydrogen-bond acceptors (Lipinski definition) is 2. The van der Waals surface area contributed by atoms with Crippen molar-refractivity contribution in [3.8, 4) is 0 Å². The Morgan fingerprint density at radius 2 is 2.05 bits per heavy atom. The van der Waals surface area contributed by atoms with Crippen molar-refractivity contribution in [1.29, 1.82) is 0 Å². The lowest BCUT2D eigenvalue weighted by molar-refractivity contribution is 0.0704.